The van der Waals surface area contributed by atoms with E-state index in [2.05, 4.69) is 42.1 Å². The Morgan fingerprint density at radius 1 is 0.865 bits per heavy atom. The molecule has 1 unspecified atom stereocenters. The molecule has 2 aliphatic rings. The van der Waals surface area contributed by atoms with Crippen LogP contribution in [-0.2, 0) is 11.8 Å². The van der Waals surface area contributed by atoms with Gasteiger partial charge in [0.1, 0.15) is 6.54 Å². The number of para-hydroxylation sites is 1. The van der Waals surface area contributed by atoms with Crippen molar-refractivity contribution in [2.75, 3.05) is 6.54 Å². The average Bonchev–Trinajstić information content (AvgIpc) is 3.30. The summed E-state index contributed by atoms with van der Waals surface area (Å²) in [7, 11) is 2.07. The molecule has 5 nitrogen and oxygen atoms in total. The molecule has 2 amide bonds. The van der Waals surface area contributed by atoms with Crippen LogP contribution >= 0.6 is 0 Å². The Morgan fingerprint density at radius 3 is 2.16 bits per heavy atom. The molecule has 3 aromatic rings. The van der Waals surface area contributed by atoms with Crippen LogP contribution in [0.3, 0.4) is 0 Å². The SMILES string of the molecule is Cc1c(C2c3ccccc3C(=O)N2CC(=O)NC2CCCCCCCCCCC2)c2ccccc2n1C. The van der Waals surface area contributed by atoms with Gasteiger partial charge >= 0.3 is 0 Å². The summed E-state index contributed by atoms with van der Waals surface area (Å²) in [6, 6.07) is 16.1. The second-order valence-corrected chi connectivity index (χ2v) is 11.0. The van der Waals surface area contributed by atoms with E-state index in [-0.39, 0.29) is 30.4 Å². The van der Waals surface area contributed by atoms with Gasteiger partial charge in [-0.3, -0.25) is 9.59 Å². The van der Waals surface area contributed by atoms with Crippen molar-refractivity contribution in [2.45, 2.75) is 89.6 Å². The largest absolute Gasteiger partial charge is 0.352 e. The standard InChI is InChI=1S/C32H41N3O2/c1-23-30(27-20-14-15-21-28(27)34(23)2)31-25-18-12-13-19-26(25)32(37)35(31)22-29(36)33-24-16-10-8-6-4-3-5-7-9-11-17-24/h12-15,18-21,24,31H,3-11,16-17,22H2,1-2H3,(H,33,36). The molecule has 2 heterocycles. The lowest BCUT2D eigenvalue weighted by molar-refractivity contribution is -0.122. The van der Waals surface area contributed by atoms with Crippen molar-refractivity contribution >= 4 is 22.7 Å². The van der Waals surface area contributed by atoms with Crippen molar-refractivity contribution in [2.24, 2.45) is 7.05 Å². The van der Waals surface area contributed by atoms with Crippen LogP contribution in [0.5, 0.6) is 0 Å². The zero-order valence-corrected chi connectivity index (χ0v) is 22.5. The minimum absolute atomic E-state index is 0.0406. The van der Waals surface area contributed by atoms with E-state index in [4.69, 9.17) is 0 Å². The monoisotopic (exact) mass is 499 g/mol. The van der Waals surface area contributed by atoms with Crippen molar-refractivity contribution in [1.82, 2.24) is 14.8 Å². The lowest BCUT2D eigenvalue weighted by atomic mass is 9.95. The number of fused-ring (bicyclic) bond motifs is 2. The Kier molecular flexibility index (Phi) is 7.97. The molecule has 2 aromatic carbocycles. The predicted octanol–water partition coefficient (Wildman–Crippen LogP) is 6.82. The maximum atomic E-state index is 13.7. The van der Waals surface area contributed by atoms with E-state index in [0.29, 0.717) is 5.56 Å². The summed E-state index contributed by atoms with van der Waals surface area (Å²) in [6.45, 7) is 2.20. The van der Waals surface area contributed by atoms with Gasteiger partial charge in [0, 0.05) is 40.8 Å². The van der Waals surface area contributed by atoms with Crippen LogP contribution in [0.25, 0.3) is 10.9 Å². The van der Waals surface area contributed by atoms with Crippen molar-refractivity contribution in [1.29, 1.82) is 0 Å². The first-order valence-electron chi connectivity index (χ1n) is 14.3. The molecule has 1 atom stereocenters. The fraction of sp³-hybridized carbons (Fsp3) is 0.500. The number of nitrogens with one attached hydrogen (secondary N) is 1. The van der Waals surface area contributed by atoms with Gasteiger partial charge < -0.3 is 14.8 Å². The maximum absolute atomic E-state index is 13.7. The molecule has 0 saturated heterocycles. The van der Waals surface area contributed by atoms with Crippen LogP contribution in [0.2, 0.25) is 0 Å². The molecule has 1 N–H and O–H groups in total. The quantitative estimate of drug-likeness (QED) is 0.428. The Bertz CT molecular complexity index is 1250. The molecule has 196 valence electrons. The number of hydrogen-bond acceptors (Lipinski definition) is 2. The van der Waals surface area contributed by atoms with E-state index in [1.807, 2.05) is 30.3 Å². The van der Waals surface area contributed by atoms with Crippen molar-refractivity contribution < 1.29 is 9.59 Å². The van der Waals surface area contributed by atoms with Gasteiger partial charge in [-0.05, 0) is 37.5 Å². The highest BCUT2D eigenvalue weighted by Crippen LogP contribution is 2.43. The van der Waals surface area contributed by atoms with Crippen LogP contribution in [0.15, 0.2) is 48.5 Å². The van der Waals surface area contributed by atoms with Crippen LogP contribution in [0.4, 0.5) is 0 Å². The summed E-state index contributed by atoms with van der Waals surface area (Å²) in [5.41, 5.74) is 5.09. The van der Waals surface area contributed by atoms with Gasteiger partial charge in [0.05, 0.1) is 6.04 Å². The summed E-state index contributed by atoms with van der Waals surface area (Å²) < 4.78 is 2.19. The number of amides is 2. The van der Waals surface area contributed by atoms with E-state index in [0.717, 1.165) is 53.4 Å². The van der Waals surface area contributed by atoms with Gasteiger partial charge in [0.2, 0.25) is 5.91 Å². The summed E-state index contributed by atoms with van der Waals surface area (Å²) in [6.07, 6.45) is 13.5. The molecule has 1 saturated carbocycles. The fourth-order valence-corrected chi connectivity index (χ4v) is 6.48. The number of rotatable bonds is 4. The van der Waals surface area contributed by atoms with E-state index in [1.165, 1.54) is 44.9 Å². The van der Waals surface area contributed by atoms with E-state index in [9.17, 15) is 9.59 Å². The van der Waals surface area contributed by atoms with E-state index in [1.54, 1.807) is 4.90 Å². The predicted molar refractivity (Wildman–Crippen MR) is 150 cm³/mol. The highest BCUT2D eigenvalue weighted by atomic mass is 16.2. The summed E-state index contributed by atoms with van der Waals surface area (Å²) in [5.74, 6) is -0.0945. The van der Waals surface area contributed by atoms with Gasteiger partial charge in [0.15, 0.2) is 0 Å². The fourth-order valence-electron chi connectivity index (χ4n) is 6.48. The van der Waals surface area contributed by atoms with Crippen molar-refractivity contribution in [3.63, 3.8) is 0 Å². The van der Waals surface area contributed by atoms with Crippen molar-refractivity contribution in [3.8, 4) is 0 Å². The number of carbonyl (C=O) groups is 2. The number of nitrogens with zero attached hydrogens (tertiary/aromatic N) is 2. The Balaban J connectivity index is 1.39. The Morgan fingerprint density at radius 2 is 1.46 bits per heavy atom. The minimum atomic E-state index is -0.267. The number of aryl methyl sites for hydroxylation is 1. The third kappa shape index (κ3) is 5.32. The molecule has 1 aromatic heterocycles. The molecule has 1 aliphatic carbocycles. The Labute approximate surface area is 221 Å². The highest BCUT2D eigenvalue weighted by Gasteiger charge is 2.40. The molecule has 0 spiro atoms. The molecule has 1 aliphatic heterocycles. The van der Waals surface area contributed by atoms with Crippen LogP contribution in [0.1, 0.15) is 104 Å². The average molecular weight is 500 g/mol. The minimum Gasteiger partial charge on any atom is -0.352 e. The van der Waals surface area contributed by atoms with Gasteiger partial charge in [0.25, 0.3) is 5.91 Å². The molecule has 5 rings (SSSR count). The first-order chi connectivity index (χ1) is 18.1. The smallest absolute Gasteiger partial charge is 0.255 e. The molecule has 1 fully saturated rings. The number of hydrogen-bond donors (Lipinski definition) is 1. The van der Waals surface area contributed by atoms with Gasteiger partial charge in [-0.1, -0.05) is 94.2 Å². The van der Waals surface area contributed by atoms with Gasteiger partial charge in [-0.15, -0.1) is 0 Å². The molecule has 37 heavy (non-hydrogen) atoms. The lowest BCUT2D eigenvalue weighted by Crippen LogP contribution is -2.43. The number of aromatic nitrogens is 1. The Hall–Kier alpha value is -3.08. The normalized spacial score (nSPS) is 19.9. The zero-order chi connectivity index (χ0) is 25.8. The molecule has 5 heteroatoms. The number of carbonyl (C=O) groups excluding carboxylic acids is 2. The van der Waals surface area contributed by atoms with Crippen LogP contribution < -0.4 is 5.32 Å². The van der Waals surface area contributed by atoms with Crippen molar-refractivity contribution in [3.05, 3.63) is 70.9 Å². The first-order valence-corrected chi connectivity index (χ1v) is 14.3. The first kappa shape index (κ1) is 25.6. The maximum Gasteiger partial charge on any atom is 0.255 e. The molecular formula is C32H41N3O2. The van der Waals surface area contributed by atoms with E-state index >= 15 is 0 Å². The number of benzene rings is 2. The van der Waals surface area contributed by atoms with Crippen LogP contribution in [0, 0.1) is 6.92 Å². The second-order valence-electron chi connectivity index (χ2n) is 11.0. The summed E-state index contributed by atoms with van der Waals surface area (Å²) >= 11 is 0. The lowest BCUT2D eigenvalue weighted by Gasteiger charge is -2.27. The van der Waals surface area contributed by atoms with Crippen LogP contribution in [-0.4, -0.2) is 33.9 Å². The van der Waals surface area contributed by atoms with Gasteiger partial charge in [-0.25, -0.2) is 0 Å². The zero-order valence-electron chi connectivity index (χ0n) is 22.5. The molecule has 0 radical (unpaired) electrons. The topological polar surface area (TPSA) is 54.3 Å². The summed E-state index contributed by atoms with van der Waals surface area (Å²) in [5, 5.41) is 4.48. The molecular weight excluding hydrogens is 458 g/mol. The molecule has 0 bridgehead atoms. The third-order valence-corrected chi connectivity index (χ3v) is 8.56. The summed E-state index contributed by atoms with van der Waals surface area (Å²) in [4.78, 5) is 28.9. The van der Waals surface area contributed by atoms with E-state index < -0.39 is 0 Å². The second kappa shape index (κ2) is 11.5. The third-order valence-electron chi connectivity index (χ3n) is 8.56. The van der Waals surface area contributed by atoms with Gasteiger partial charge in [-0.2, -0.15) is 0 Å². The highest BCUT2D eigenvalue weighted by molar-refractivity contribution is 6.02.